The minimum atomic E-state index is -4.11. The number of nitrogens with zero attached hydrogens (tertiary/aromatic N) is 1. The maximum absolute atomic E-state index is 12.0. The van der Waals surface area contributed by atoms with Crippen LogP contribution in [0.3, 0.4) is 0 Å². The van der Waals surface area contributed by atoms with Gasteiger partial charge in [0.15, 0.2) is 9.84 Å². The van der Waals surface area contributed by atoms with Crippen molar-refractivity contribution in [1.29, 1.82) is 0 Å². The summed E-state index contributed by atoms with van der Waals surface area (Å²) in [6.07, 6.45) is 0.924. The third kappa shape index (κ3) is 3.78. The Bertz CT molecular complexity index is 688. The number of nitrogens with two attached hydrogens (primary N) is 1. The SMILES string of the molecule is CCN(C)C(=O)c1cc(S(C)(=O)=O)cc(S(N)(=O)=O)c1. The van der Waals surface area contributed by atoms with Gasteiger partial charge < -0.3 is 4.90 Å². The zero-order valence-corrected chi connectivity index (χ0v) is 13.0. The van der Waals surface area contributed by atoms with E-state index in [1.165, 1.54) is 11.9 Å². The fraction of sp³-hybridized carbons (Fsp3) is 0.364. The van der Waals surface area contributed by atoms with Crippen LogP contribution in [0.2, 0.25) is 0 Å². The molecular weight excluding hydrogens is 304 g/mol. The predicted octanol–water partition coefficient (Wildman–Crippen LogP) is -0.171. The summed E-state index contributed by atoms with van der Waals surface area (Å²) in [5.74, 6) is -0.483. The number of amides is 1. The van der Waals surface area contributed by atoms with E-state index in [1.807, 2.05) is 0 Å². The number of benzene rings is 1. The highest BCUT2D eigenvalue weighted by molar-refractivity contribution is 7.91. The van der Waals surface area contributed by atoms with Gasteiger partial charge in [0.1, 0.15) is 0 Å². The van der Waals surface area contributed by atoms with Crippen molar-refractivity contribution < 1.29 is 21.6 Å². The minimum absolute atomic E-state index is 0.0405. The Morgan fingerprint density at radius 1 is 1.15 bits per heavy atom. The minimum Gasteiger partial charge on any atom is -0.342 e. The number of primary sulfonamides is 1. The number of carbonyl (C=O) groups excluding carboxylic acids is 1. The number of hydrogen-bond acceptors (Lipinski definition) is 5. The molecule has 0 spiro atoms. The molecule has 112 valence electrons. The van der Waals surface area contributed by atoms with E-state index in [9.17, 15) is 21.6 Å². The van der Waals surface area contributed by atoms with Crippen molar-refractivity contribution in [3.05, 3.63) is 23.8 Å². The Labute approximate surface area is 118 Å². The molecule has 0 aliphatic heterocycles. The molecule has 7 nitrogen and oxygen atoms in total. The highest BCUT2D eigenvalue weighted by atomic mass is 32.2. The van der Waals surface area contributed by atoms with Crippen molar-refractivity contribution >= 4 is 25.8 Å². The van der Waals surface area contributed by atoms with Crippen LogP contribution in [0.25, 0.3) is 0 Å². The molecule has 9 heteroatoms. The number of rotatable bonds is 4. The van der Waals surface area contributed by atoms with E-state index >= 15 is 0 Å². The number of carbonyl (C=O) groups is 1. The predicted molar refractivity (Wildman–Crippen MR) is 73.6 cm³/mol. The van der Waals surface area contributed by atoms with Gasteiger partial charge in [-0.3, -0.25) is 4.79 Å². The Morgan fingerprint density at radius 3 is 2.05 bits per heavy atom. The highest BCUT2D eigenvalue weighted by Crippen LogP contribution is 2.19. The summed E-state index contributed by atoms with van der Waals surface area (Å²) >= 11 is 0. The van der Waals surface area contributed by atoms with Crippen LogP contribution < -0.4 is 5.14 Å². The van der Waals surface area contributed by atoms with Crippen LogP contribution in [0, 0.1) is 0 Å². The molecule has 0 radical (unpaired) electrons. The monoisotopic (exact) mass is 320 g/mol. The molecule has 1 aromatic carbocycles. The molecule has 20 heavy (non-hydrogen) atoms. The average molecular weight is 320 g/mol. The summed E-state index contributed by atoms with van der Waals surface area (Å²) in [5.41, 5.74) is -0.0405. The Balaban J connectivity index is 3.59. The van der Waals surface area contributed by atoms with Crippen molar-refractivity contribution in [2.75, 3.05) is 19.8 Å². The van der Waals surface area contributed by atoms with E-state index in [0.717, 1.165) is 24.5 Å². The van der Waals surface area contributed by atoms with Crippen LogP contribution in [0.15, 0.2) is 28.0 Å². The molecule has 0 aliphatic rings. The van der Waals surface area contributed by atoms with Crippen molar-refractivity contribution in [3.63, 3.8) is 0 Å². The van der Waals surface area contributed by atoms with Crippen LogP contribution >= 0.6 is 0 Å². The number of hydrogen-bond donors (Lipinski definition) is 1. The molecule has 1 amide bonds. The lowest BCUT2D eigenvalue weighted by atomic mass is 10.2. The van der Waals surface area contributed by atoms with E-state index in [4.69, 9.17) is 5.14 Å². The van der Waals surface area contributed by atoms with Gasteiger partial charge in [-0.25, -0.2) is 22.0 Å². The third-order valence-corrected chi connectivity index (χ3v) is 4.69. The lowest BCUT2D eigenvalue weighted by molar-refractivity contribution is 0.0802. The van der Waals surface area contributed by atoms with Crippen LogP contribution in [-0.2, 0) is 19.9 Å². The third-order valence-electron chi connectivity index (χ3n) is 2.70. The smallest absolute Gasteiger partial charge is 0.253 e. The van der Waals surface area contributed by atoms with Crippen LogP contribution in [0.5, 0.6) is 0 Å². The maximum atomic E-state index is 12.0. The first kappa shape index (κ1) is 16.6. The lowest BCUT2D eigenvalue weighted by Crippen LogP contribution is -2.27. The molecule has 0 bridgehead atoms. The van der Waals surface area contributed by atoms with Gasteiger partial charge in [0, 0.05) is 25.4 Å². The number of sulfonamides is 1. The molecular formula is C11H16N2O5S2. The van der Waals surface area contributed by atoms with Gasteiger partial charge in [-0.05, 0) is 25.1 Å². The average Bonchev–Trinajstić information content (AvgIpc) is 2.34. The van der Waals surface area contributed by atoms with E-state index < -0.39 is 30.7 Å². The second-order valence-electron chi connectivity index (χ2n) is 4.33. The van der Waals surface area contributed by atoms with Gasteiger partial charge in [0.05, 0.1) is 9.79 Å². The maximum Gasteiger partial charge on any atom is 0.253 e. The summed E-state index contributed by atoms with van der Waals surface area (Å²) in [7, 11) is -6.25. The molecule has 0 aromatic heterocycles. The summed E-state index contributed by atoms with van der Waals surface area (Å²) in [4.78, 5) is 12.7. The van der Waals surface area contributed by atoms with E-state index in [0.29, 0.717) is 6.54 Å². The van der Waals surface area contributed by atoms with E-state index in [2.05, 4.69) is 0 Å². The summed E-state index contributed by atoms with van der Waals surface area (Å²) in [6.45, 7) is 2.13. The Morgan fingerprint density at radius 2 is 1.65 bits per heavy atom. The second kappa shape index (κ2) is 5.51. The molecule has 0 saturated carbocycles. The van der Waals surface area contributed by atoms with E-state index in [-0.39, 0.29) is 10.5 Å². The van der Waals surface area contributed by atoms with Crippen molar-refractivity contribution in [2.24, 2.45) is 5.14 Å². The van der Waals surface area contributed by atoms with Gasteiger partial charge in [0.25, 0.3) is 5.91 Å². The largest absolute Gasteiger partial charge is 0.342 e. The van der Waals surface area contributed by atoms with Gasteiger partial charge in [-0.2, -0.15) is 0 Å². The Hall–Kier alpha value is -1.45. The van der Waals surface area contributed by atoms with Gasteiger partial charge in [0.2, 0.25) is 10.0 Å². The van der Waals surface area contributed by atoms with Gasteiger partial charge >= 0.3 is 0 Å². The van der Waals surface area contributed by atoms with Crippen molar-refractivity contribution in [1.82, 2.24) is 4.90 Å². The zero-order valence-electron chi connectivity index (χ0n) is 11.3. The standard InChI is InChI=1S/C11H16N2O5S2/c1-4-13(2)11(14)8-5-9(19(3,15)16)7-10(6-8)20(12,17)18/h5-7H,4H2,1-3H3,(H2,12,17,18). The van der Waals surface area contributed by atoms with E-state index in [1.54, 1.807) is 6.92 Å². The summed E-state index contributed by atoms with van der Waals surface area (Å²) < 4.78 is 45.9. The molecule has 0 heterocycles. The molecule has 0 unspecified atom stereocenters. The van der Waals surface area contributed by atoms with Crippen molar-refractivity contribution in [2.45, 2.75) is 16.7 Å². The molecule has 2 N–H and O–H groups in total. The fourth-order valence-electron chi connectivity index (χ4n) is 1.44. The second-order valence-corrected chi connectivity index (χ2v) is 7.91. The fourth-order valence-corrected chi connectivity index (χ4v) is 2.78. The first-order valence-electron chi connectivity index (χ1n) is 5.60. The van der Waals surface area contributed by atoms with Gasteiger partial charge in [-0.1, -0.05) is 0 Å². The summed E-state index contributed by atoms with van der Waals surface area (Å²) in [5, 5.41) is 5.00. The molecule has 1 rings (SSSR count). The van der Waals surface area contributed by atoms with Crippen LogP contribution in [0.1, 0.15) is 17.3 Å². The quantitative estimate of drug-likeness (QED) is 0.827. The van der Waals surface area contributed by atoms with Gasteiger partial charge in [-0.15, -0.1) is 0 Å². The topological polar surface area (TPSA) is 115 Å². The molecule has 1 aromatic rings. The van der Waals surface area contributed by atoms with Crippen LogP contribution in [0.4, 0.5) is 0 Å². The van der Waals surface area contributed by atoms with Crippen molar-refractivity contribution in [3.8, 4) is 0 Å². The first-order valence-corrected chi connectivity index (χ1v) is 9.04. The normalized spacial score (nSPS) is 12.2. The lowest BCUT2D eigenvalue weighted by Gasteiger charge is -2.15. The first-order chi connectivity index (χ1) is 8.96. The zero-order chi connectivity index (χ0) is 15.7. The Kier molecular flexibility index (Phi) is 4.57. The number of sulfone groups is 1. The summed E-state index contributed by atoms with van der Waals surface area (Å²) in [6, 6.07) is 3.14. The molecule has 0 aliphatic carbocycles. The van der Waals surface area contributed by atoms with Crippen LogP contribution in [-0.4, -0.2) is 47.5 Å². The highest BCUT2D eigenvalue weighted by Gasteiger charge is 2.20. The molecule has 0 saturated heterocycles. The molecule has 0 fully saturated rings. The molecule has 0 atom stereocenters.